The summed E-state index contributed by atoms with van der Waals surface area (Å²) >= 11 is 5.95. The SMILES string of the molecule is Cn1ncc([N+](=O)[O-])c1C(=O)NCC(O)c1ccccc1Cl. The zero-order chi connectivity index (χ0) is 16.3. The summed E-state index contributed by atoms with van der Waals surface area (Å²) in [4.78, 5) is 22.2. The van der Waals surface area contributed by atoms with Crippen LogP contribution in [-0.2, 0) is 7.05 Å². The molecule has 2 aromatic rings. The van der Waals surface area contributed by atoms with Crippen molar-refractivity contribution in [3.05, 3.63) is 56.9 Å². The first kappa shape index (κ1) is 15.9. The summed E-state index contributed by atoms with van der Waals surface area (Å²) in [5.74, 6) is -0.696. The first-order chi connectivity index (χ1) is 10.4. The molecule has 0 aliphatic carbocycles. The quantitative estimate of drug-likeness (QED) is 0.638. The Morgan fingerprint density at radius 2 is 2.23 bits per heavy atom. The standard InChI is InChI=1S/C13H13ClN4O4/c1-17-12(10(6-16-17)18(21)22)13(20)15-7-11(19)8-4-2-3-5-9(8)14/h2-6,11,19H,7H2,1H3,(H,15,20). The van der Waals surface area contributed by atoms with Crippen LogP contribution in [0, 0.1) is 10.1 Å². The molecule has 22 heavy (non-hydrogen) atoms. The molecule has 0 aliphatic rings. The molecule has 1 aromatic carbocycles. The first-order valence-corrected chi connectivity index (χ1v) is 6.66. The van der Waals surface area contributed by atoms with Crippen LogP contribution in [0.25, 0.3) is 0 Å². The summed E-state index contributed by atoms with van der Waals surface area (Å²) in [6.45, 7) is -0.134. The van der Waals surface area contributed by atoms with Gasteiger partial charge >= 0.3 is 5.69 Å². The molecular weight excluding hydrogens is 312 g/mol. The number of amides is 1. The fraction of sp³-hybridized carbons (Fsp3) is 0.231. The van der Waals surface area contributed by atoms with E-state index in [2.05, 4.69) is 10.4 Å². The molecule has 2 rings (SSSR count). The molecule has 2 N–H and O–H groups in total. The first-order valence-electron chi connectivity index (χ1n) is 6.29. The van der Waals surface area contributed by atoms with Crippen LogP contribution in [0.15, 0.2) is 30.5 Å². The largest absolute Gasteiger partial charge is 0.387 e. The lowest BCUT2D eigenvalue weighted by Crippen LogP contribution is -2.30. The highest BCUT2D eigenvalue weighted by atomic mass is 35.5. The topological polar surface area (TPSA) is 110 Å². The Balaban J connectivity index is 2.09. The Morgan fingerprint density at radius 3 is 2.86 bits per heavy atom. The van der Waals surface area contributed by atoms with Gasteiger partial charge in [0.2, 0.25) is 5.69 Å². The maximum absolute atomic E-state index is 12.1. The number of carbonyl (C=O) groups excluding carboxylic acids is 1. The molecule has 0 spiro atoms. The molecule has 0 fully saturated rings. The van der Waals surface area contributed by atoms with E-state index < -0.39 is 22.6 Å². The Bertz CT molecular complexity index is 716. The number of rotatable bonds is 5. The molecular formula is C13H13ClN4O4. The summed E-state index contributed by atoms with van der Waals surface area (Å²) in [5, 5.41) is 27.4. The number of nitro groups is 1. The minimum absolute atomic E-state index is 0.134. The van der Waals surface area contributed by atoms with Crippen LogP contribution in [0.2, 0.25) is 5.02 Å². The molecule has 0 bridgehead atoms. The minimum atomic E-state index is -1.02. The lowest BCUT2D eigenvalue weighted by molar-refractivity contribution is -0.385. The summed E-state index contributed by atoms with van der Waals surface area (Å²) in [6, 6.07) is 6.67. The number of nitrogens with one attached hydrogen (secondary N) is 1. The van der Waals surface area contributed by atoms with Crippen molar-refractivity contribution in [3.8, 4) is 0 Å². The van der Waals surface area contributed by atoms with Gasteiger partial charge in [-0.25, -0.2) is 0 Å². The molecule has 1 aromatic heterocycles. The molecule has 0 saturated carbocycles. The van der Waals surface area contributed by atoms with Crippen molar-refractivity contribution in [3.63, 3.8) is 0 Å². The van der Waals surface area contributed by atoms with E-state index in [1.165, 1.54) is 7.05 Å². The fourth-order valence-corrected chi connectivity index (χ4v) is 2.21. The Labute approximate surface area is 130 Å². The zero-order valence-corrected chi connectivity index (χ0v) is 12.3. The summed E-state index contributed by atoms with van der Waals surface area (Å²) in [5.41, 5.74) is -0.118. The lowest BCUT2D eigenvalue weighted by Gasteiger charge is -2.13. The van der Waals surface area contributed by atoms with Gasteiger partial charge in [0.25, 0.3) is 5.91 Å². The summed E-state index contributed by atoms with van der Waals surface area (Å²) in [6.07, 6.45) is -0.0238. The average molecular weight is 325 g/mol. The third-order valence-electron chi connectivity index (χ3n) is 3.05. The predicted molar refractivity (Wildman–Crippen MR) is 78.6 cm³/mol. The molecule has 1 amide bonds. The van der Waals surface area contributed by atoms with Gasteiger partial charge in [-0.1, -0.05) is 29.8 Å². The van der Waals surface area contributed by atoms with E-state index in [0.717, 1.165) is 10.9 Å². The number of hydrogen-bond donors (Lipinski definition) is 2. The second kappa shape index (κ2) is 6.54. The van der Waals surface area contributed by atoms with E-state index >= 15 is 0 Å². The third-order valence-corrected chi connectivity index (χ3v) is 3.40. The molecule has 0 radical (unpaired) electrons. The van der Waals surface area contributed by atoms with Gasteiger partial charge < -0.3 is 10.4 Å². The van der Waals surface area contributed by atoms with Crippen molar-refractivity contribution in [1.82, 2.24) is 15.1 Å². The molecule has 116 valence electrons. The van der Waals surface area contributed by atoms with Crippen LogP contribution in [-0.4, -0.2) is 32.3 Å². The number of benzene rings is 1. The van der Waals surface area contributed by atoms with E-state index in [1.807, 2.05) is 0 Å². The monoisotopic (exact) mass is 324 g/mol. The molecule has 1 heterocycles. The van der Waals surface area contributed by atoms with Crippen LogP contribution in [0.3, 0.4) is 0 Å². The van der Waals surface area contributed by atoms with Crippen molar-refractivity contribution in [2.75, 3.05) is 6.54 Å². The Hall–Kier alpha value is -2.45. The van der Waals surface area contributed by atoms with Gasteiger partial charge in [-0.05, 0) is 6.07 Å². The van der Waals surface area contributed by atoms with E-state index in [0.29, 0.717) is 10.6 Å². The summed E-state index contributed by atoms with van der Waals surface area (Å²) in [7, 11) is 1.42. The number of hydrogen-bond acceptors (Lipinski definition) is 5. The Morgan fingerprint density at radius 1 is 1.55 bits per heavy atom. The molecule has 1 unspecified atom stereocenters. The van der Waals surface area contributed by atoms with E-state index in [-0.39, 0.29) is 12.2 Å². The molecule has 0 saturated heterocycles. The summed E-state index contributed by atoms with van der Waals surface area (Å²) < 4.78 is 1.11. The molecule has 8 nitrogen and oxygen atoms in total. The van der Waals surface area contributed by atoms with Gasteiger partial charge in [0.05, 0.1) is 11.0 Å². The van der Waals surface area contributed by atoms with Gasteiger partial charge in [-0.15, -0.1) is 0 Å². The van der Waals surface area contributed by atoms with Crippen molar-refractivity contribution in [1.29, 1.82) is 0 Å². The van der Waals surface area contributed by atoms with Crippen molar-refractivity contribution < 1.29 is 14.8 Å². The number of aromatic nitrogens is 2. The van der Waals surface area contributed by atoms with Crippen molar-refractivity contribution in [2.45, 2.75) is 6.10 Å². The van der Waals surface area contributed by atoms with E-state index in [1.54, 1.807) is 24.3 Å². The Kier molecular flexibility index (Phi) is 4.74. The number of aryl methyl sites for hydroxylation is 1. The molecule has 1 atom stereocenters. The van der Waals surface area contributed by atoms with E-state index in [4.69, 9.17) is 11.6 Å². The third kappa shape index (κ3) is 3.23. The maximum atomic E-state index is 12.1. The number of nitrogens with zero attached hydrogens (tertiary/aromatic N) is 3. The van der Waals surface area contributed by atoms with Gasteiger partial charge in [0.1, 0.15) is 6.20 Å². The minimum Gasteiger partial charge on any atom is -0.387 e. The number of aliphatic hydroxyl groups is 1. The highest BCUT2D eigenvalue weighted by Gasteiger charge is 2.25. The van der Waals surface area contributed by atoms with Crippen molar-refractivity contribution in [2.24, 2.45) is 7.05 Å². The van der Waals surface area contributed by atoms with Crippen LogP contribution >= 0.6 is 11.6 Å². The lowest BCUT2D eigenvalue weighted by atomic mass is 10.1. The molecule has 9 heteroatoms. The second-order valence-corrected chi connectivity index (χ2v) is 4.91. The van der Waals surface area contributed by atoms with Crippen molar-refractivity contribution >= 4 is 23.2 Å². The highest BCUT2D eigenvalue weighted by molar-refractivity contribution is 6.31. The van der Waals surface area contributed by atoms with E-state index in [9.17, 15) is 20.0 Å². The smallest absolute Gasteiger partial charge is 0.320 e. The highest BCUT2D eigenvalue weighted by Crippen LogP contribution is 2.22. The number of aliphatic hydroxyl groups excluding tert-OH is 1. The van der Waals surface area contributed by atoms with Gasteiger partial charge in [-0.3, -0.25) is 19.6 Å². The maximum Gasteiger partial charge on any atom is 0.320 e. The predicted octanol–water partition coefficient (Wildman–Crippen LogP) is 1.45. The fourth-order valence-electron chi connectivity index (χ4n) is 1.95. The van der Waals surface area contributed by atoms with Gasteiger partial charge in [0, 0.05) is 24.2 Å². The van der Waals surface area contributed by atoms with Gasteiger partial charge in [0.15, 0.2) is 0 Å². The zero-order valence-electron chi connectivity index (χ0n) is 11.6. The van der Waals surface area contributed by atoms with Crippen LogP contribution in [0.1, 0.15) is 22.2 Å². The second-order valence-electron chi connectivity index (χ2n) is 4.51. The van der Waals surface area contributed by atoms with Crippen LogP contribution < -0.4 is 5.32 Å². The normalized spacial score (nSPS) is 12.0. The van der Waals surface area contributed by atoms with Crippen LogP contribution in [0.4, 0.5) is 5.69 Å². The van der Waals surface area contributed by atoms with Crippen LogP contribution in [0.5, 0.6) is 0 Å². The molecule has 0 aliphatic heterocycles. The van der Waals surface area contributed by atoms with Gasteiger partial charge in [-0.2, -0.15) is 5.10 Å². The number of carbonyl (C=O) groups is 1. The average Bonchev–Trinajstić information content (AvgIpc) is 2.87. The number of halogens is 1.